The van der Waals surface area contributed by atoms with Crippen molar-refractivity contribution < 1.29 is 9.21 Å². The molecule has 0 radical (unpaired) electrons. The Morgan fingerprint density at radius 2 is 1.96 bits per heavy atom. The SMILES string of the molecule is CCCCn1nc(C)c(C(=O)Nc2ccc3oc4ccccc4c3c2)c1Cl. The van der Waals surface area contributed by atoms with Crippen LogP contribution in [0.2, 0.25) is 5.15 Å². The first kappa shape index (κ1) is 17.6. The largest absolute Gasteiger partial charge is 0.456 e. The van der Waals surface area contributed by atoms with E-state index in [1.807, 2.05) is 42.5 Å². The summed E-state index contributed by atoms with van der Waals surface area (Å²) in [4.78, 5) is 12.8. The van der Waals surface area contributed by atoms with E-state index in [1.165, 1.54) is 0 Å². The van der Waals surface area contributed by atoms with Crippen molar-refractivity contribution in [2.24, 2.45) is 0 Å². The maximum Gasteiger partial charge on any atom is 0.260 e. The van der Waals surface area contributed by atoms with Crippen LogP contribution in [0.15, 0.2) is 46.9 Å². The number of benzene rings is 2. The summed E-state index contributed by atoms with van der Waals surface area (Å²) in [6.07, 6.45) is 2.00. The minimum atomic E-state index is -0.257. The predicted molar refractivity (Wildman–Crippen MR) is 109 cm³/mol. The highest BCUT2D eigenvalue weighted by Crippen LogP contribution is 2.31. The molecule has 0 unspecified atom stereocenters. The fraction of sp³-hybridized carbons (Fsp3) is 0.238. The number of hydrogen-bond acceptors (Lipinski definition) is 3. The van der Waals surface area contributed by atoms with Gasteiger partial charge in [-0.05, 0) is 37.6 Å². The van der Waals surface area contributed by atoms with E-state index in [9.17, 15) is 4.79 Å². The molecule has 4 rings (SSSR count). The Morgan fingerprint density at radius 3 is 2.78 bits per heavy atom. The second kappa shape index (κ2) is 7.08. The van der Waals surface area contributed by atoms with E-state index in [1.54, 1.807) is 11.6 Å². The van der Waals surface area contributed by atoms with Gasteiger partial charge in [0.05, 0.1) is 11.3 Å². The Hall–Kier alpha value is -2.79. The normalized spacial score (nSPS) is 11.4. The van der Waals surface area contributed by atoms with Crippen molar-refractivity contribution in [2.75, 3.05) is 5.32 Å². The Kier molecular flexibility index (Phi) is 4.62. The number of carbonyl (C=O) groups excluding carboxylic acids is 1. The van der Waals surface area contributed by atoms with E-state index < -0.39 is 0 Å². The molecule has 27 heavy (non-hydrogen) atoms. The highest BCUT2D eigenvalue weighted by atomic mass is 35.5. The Balaban J connectivity index is 1.65. The Morgan fingerprint density at radius 1 is 1.19 bits per heavy atom. The van der Waals surface area contributed by atoms with Crippen LogP contribution in [-0.2, 0) is 6.54 Å². The van der Waals surface area contributed by atoms with E-state index >= 15 is 0 Å². The Bertz CT molecular complexity index is 1140. The average Bonchev–Trinajstić information content (AvgIpc) is 3.16. The number of aryl methyl sites for hydroxylation is 2. The smallest absolute Gasteiger partial charge is 0.260 e. The van der Waals surface area contributed by atoms with Gasteiger partial charge in [-0.1, -0.05) is 43.1 Å². The lowest BCUT2D eigenvalue weighted by Crippen LogP contribution is -2.13. The van der Waals surface area contributed by atoms with Gasteiger partial charge < -0.3 is 9.73 Å². The minimum absolute atomic E-state index is 0.257. The van der Waals surface area contributed by atoms with Crippen LogP contribution >= 0.6 is 11.6 Å². The fourth-order valence-electron chi connectivity index (χ4n) is 3.26. The molecule has 2 aromatic heterocycles. The summed E-state index contributed by atoms with van der Waals surface area (Å²) in [5, 5.41) is 9.70. The van der Waals surface area contributed by atoms with Crippen LogP contribution in [0.1, 0.15) is 35.8 Å². The number of nitrogens with zero attached hydrogens (tertiary/aromatic N) is 2. The van der Waals surface area contributed by atoms with Gasteiger partial charge in [-0.3, -0.25) is 9.48 Å². The van der Waals surface area contributed by atoms with Crippen LogP contribution in [0.5, 0.6) is 0 Å². The first-order chi connectivity index (χ1) is 13.1. The van der Waals surface area contributed by atoms with Crippen molar-refractivity contribution in [3.63, 3.8) is 0 Å². The molecular weight excluding hydrogens is 362 g/mol. The van der Waals surface area contributed by atoms with Gasteiger partial charge >= 0.3 is 0 Å². The molecule has 0 spiro atoms. The van der Waals surface area contributed by atoms with Gasteiger partial charge in [-0.25, -0.2) is 0 Å². The molecule has 0 bridgehead atoms. The molecule has 1 N–H and O–H groups in total. The van der Waals surface area contributed by atoms with Crippen molar-refractivity contribution >= 4 is 45.1 Å². The number of furan rings is 1. The van der Waals surface area contributed by atoms with Crippen LogP contribution in [-0.4, -0.2) is 15.7 Å². The summed E-state index contributed by atoms with van der Waals surface area (Å²) >= 11 is 6.41. The summed E-state index contributed by atoms with van der Waals surface area (Å²) in [5.74, 6) is -0.257. The maximum absolute atomic E-state index is 12.8. The van der Waals surface area contributed by atoms with Crippen LogP contribution in [0.25, 0.3) is 21.9 Å². The summed E-state index contributed by atoms with van der Waals surface area (Å²) in [6, 6.07) is 13.5. The summed E-state index contributed by atoms with van der Waals surface area (Å²) in [6.45, 7) is 4.61. The molecular formula is C21H20ClN3O2. The average molecular weight is 382 g/mol. The number of amides is 1. The highest BCUT2D eigenvalue weighted by molar-refractivity contribution is 6.33. The number of fused-ring (bicyclic) bond motifs is 3. The number of rotatable bonds is 5. The number of aromatic nitrogens is 2. The predicted octanol–water partition coefficient (Wildman–Crippen LogP) is 5.80. The monoisotopic (exact) mass is 381 g/mol. The zero-order chi connectivity index (χ0) is 19.0. The van der Waals surface area contributed by atoms with Gasteiger partial charge in [-0.15, -0.1) is 0 Å². The zero-order valence-electron chi connectivity index (χ0n) is 15.3. The molecule has 2 heterocycles. The number of carbonyl (C=O) groups is 1. The van der Waals surface area contributed by atoms with Gasteiger partial charge in [0.1, 0.15) is 16.3 Å². The highest BCUT2D eigenvalue weighted by Gasteiger charge is 2.20. The van der Waals surface area contributed by atoms with Crippen LogP contribution in [0, 0.1) is 6.92 Å². The molecule has 0 aliphatic heterocycles. The summed E-state index contributed by atoms with van der Waals surface area (Å²) < 4.78 is 7.53. The van der Waals surface area contributed by atoms with Gasteiger partial charge in [0, 0.05) is 23.0 Å². The van der Waals surface area contributed by atoms with Crippen LogP contribution in [0.3, 0.4) is 0 Å². The first-order valence-corrected chi connectivity index (χ1v) is 9.42. The molecule has 6 heteroatoms. The number of halogens is 1. The summed E-state index contributed by atoms with van der Waals surface area (Å²) in [7, 11) is 0. The molecule has 4 aromatic rings. The first-order valence-electron chi connectivity index (χ1n) is 9.04. The van der Waals surface area contributed by atoms with Gasteiger partial charge in [0.25, 0.3) is 5.91 Å². The van der Waals surface area contributed by atoms with Crippen LogP contribution in [0.4, 0.5) is 5.69 Å². The lowest BCUT2D eigenvalue weighted by atomic mass is 10.1. The van der Waals surface area contributed by atoms with E-state index in [2.05, 4.69) is 17.3 Å². The molecule has 0 fully saturated rings. The number of unbranched alkanes of at least 4 members (excludes halogenated alkanes) is 1. The number of nitrogens with one attached hydrogen (secondary N) is 1. The number of hydrogen-bond donors (Lipinski definition) is 1. The topological polar surface area (TPSA) is 60.1 Å². The third kappa shape index (κ3) is 3.19. The molecule has 138 valence electrons. The number of para-hydroxylation sites is 1. The molecule has 0 saturated carbocycles. The molecule has 0 saturated heterocycles. The standard InChI is InChI=1S/C21H20ClN3O2/c1-3-4-11-25-20(22)19(13(2)24-25)21(26)23-14-9-10-18-16(12-14)15-7-5-6-8-17(15)27-18/h5-10,12H,3-4,11H2,1-2H3,(H,23,26). The van der Waals surface area contributed by atoms with E-state index in [0.717, 1.165) is 34.8 Å². The third-order valence-corrected chi connectivity index (χ3v) is 5.03. The summed E-state index contributed by atoms with van der Waals surface area (Å²) in [5.41, 5.74) is 3.35. The van der Waals surface area contributed by atoms with E-state index in [0.29, 0.717) is 28.6 Å². The third-order valence-electron chi connectivity index (χ3n) is 4.65. The molecule has 1 amide bonds. The van der Waals surface area contributed by atoms with Crippen molar-refractivity contribution in [3.8, 4) is 0 Å². The van der Waals surface area contributed by atoms with Gasteiger partial charge in [0.15, 0.2) is 0 Å². The minimum Gasteiger partial charge on any atom is -0.456 e. The lowest BCUT2D eigenvalue weighted by Gasteiger charge is -2.06. The van der Waals surface area contributed by atoms with Crippen molar-refractivity contribution in [1.82, 2.24) is 9.78 Å². The second-order valence-corrected chi connectivity index (χ2v) is 6.95. The van der Waals surface area contributed by atoms with Gasteiger partial charge in [0.2, 0.25) is 0 Å². The molecule has 2 aromatic carbocycles. The van der Waals surface area contributed by atoms with Crippen molar-refractivity contribution in [3.05, 3.63) is 58.9 Å². The maximum atomic E-state index is 12.8. The molecule has 5 nitrogen and oxygen atoms in total. The lowest BCUT2D eigenvalue weighted by molar-refractivity contribution is 0.102. The van der Waals surface area contributed by atoms with E-state index in [4.69, 9.17) is 16.0 Å². The fourth-order valence-corrected chi connectivity index (χ4v) is 3.61. The molecule has 0 aliphatic rings. The van der Waals surface area contributed by atoms with Crippen molar-refractivity contribution in [2.45, 2.75) is 33.2 Å². The van der Waals surface area contributed by atoms with E-state index in [-0.39, 0.29) is 5.91 Å². The molecule has 0 aliphatic carbocycles. The van der Waals surface area contributed by atoms with Crippen molar-refractivity contribution in [1.29, 1.82) is 0 Å². The van der Waals surface area contributed by atoms with Gasteiger partial charge in [-0.2, -0.15) is 5.10 Å². The Labute approximate surface area is 161 Å². The molecule has 0 atom stereocenters. The van der Waals surface area contributed by atoms with Crippen LogP contribution < -0.4 is 5.32 Å². The quantitative estimate of drug-likeness (QED) is 0.475. The zero-order valence-corrected chi connectivity index (χ0v) is 16.0. The number of anilines is 1. The second-order valence-electron chi connectivity index (χ2n) is 6.59.